The van der Waals surface area contributed by atoms with E-state index in [1.807, 2.05) is 65.4 Å². The fourth-order valence-electron chi connectivity index (χ4n) is 2.71. The van der Waals surface area contributed by atoms with Crippen LogP contribution in [0.25, 0.3) is 0 Å². The van der Waals surface area contributed by atoms with Gasteiger partial charge >= 0.3 is 5.97 Å². The zero-order chi connectivity index (χ0) is 19.8. The minimum atomic E-state index is -0.677. The van der Waals surface area contributed by atoms with Crippen LogP contribution in [-0.2, 0) is 34.0 Å². The fraction of sp³-hybridized carbons (Fsp3) is 0.273. The monoisotopic (exact) mass is 380 g/mol. The fourth-order valence-corrected chi connectivity index (χ4v) is 2.71. The van der Waals surface area contributed by atoms with Gasteiger partial charge in [0.25, 0.3) is 0 Å². The molecule has 0 spiro atoms. The van der Waals surface area contributed by atoms with E-state index in [9.17, 15) is 4.79 Å². The molecule has 28 heavy (non-hydrogen) atoms. The number of nitrogens with zero attached hydrogens (tertiary/aromatic N) is 2. The molecular formula is C22H24N2O4. The van der Waals surface area contributed by atoms with Crippen molar-refractivity contribution in [2.45, 2.75) is 32.8 Å². The molecule has 1 atom stereocenters. The van der Waals surface area contributed by atoms with Gasteiger partial charge < -0.3 is 18.8 Å². The first-order chi connectivity index (χ1) is 13.7. The Labute approximate surface area is 164 Å². The lowest BCUT2D eigenvalue weighted by molar-refractivity contribution is -0.158. The van der Waals surface area contributed by atoms with Gasteiger partial charge in [-0.15, -0.1) is 0 Å². The highest BCUT2D eigenvalue weighted by atomic mass is 16.6. The highest BCUT2D eigenvalue weighted by Crippen LogP contribution is 2.14. The highest BCUT2D eigenvalue weighted by Gasteiger charge is 2.16. The lowest BCUT2D eigenvalue weighted by atomic mass is 10.2. The molecule has 0 aliphatic carbocycles. The van der Waals surface area contributed by atoms with Gasteiger partial charge in [-0.1, -0.05) is 42.5 Å². The van der Waals surface area contributed by atoms with Crippen LogP contribution >= 0.6 is 0 Å². The van der Waals surface area contributed by atoms with Crippen LogP contribution in [0.3, 0.4) is 0 Å². The van der Waals surface area contributed by atoms with Gasteiger partial charge in [0.1, 0.15) is 18.2 Å². The Balaban J connectivity index is 1.49. The molecule has 3 aromatic rings. The van der Waals surface area contributed by atoms with E-state index in [1.165, 1.54) is 0 Å². The van der Waals surface area contributed by atoms with E-state index < -0.39 is 12.1 Å². The average molecular weight is 380 g/mol. The Morgan fingerprint density at radius 2 is 1.86 bits per heavy atom. The van der Waals surface area contributed by atoms with Crippen molar-refractivity contribution >= 4 is 5.97 Å². The molecule has 1 aromatic heterocycles. The number of ether oxygens (including phenoxy) is 3. The summed E-state index contributed by atoms with van der Waals surface area (Å²) in [5, 5.41) is 0. The predicted molar refractivity (Wildman–Crippen MR) is 105 cm³/mol. The Morgan fingerprint density at radius 3 is 2.64 bits per heavy atom. The smallest absolute Gasteiger partial charge is 0.335 e. The second kappa shape index (κ2) is 9.71. The minimum absolute atomic E-state index is 0.103. The average Bonchev–Trinajstić information content (AvgIpc) is 3.18. The van der Waals surface area contributed by atoms with Crippen LogP contribution in [0.5, 0.6) is 5.75 Å². The number of imidazole rings is 1. The van der Waals surface area contributed by atoms with Crippen molar-refractivity contribution < 1.29 is 19.0 Å². The van der Waals surface area contributed by atoms with Gasteiger partial charge in [-0.05, 0) is 30.2 Å². The second-order valence-electron chi connectivity index (χ2n) is 6.37. The zero-order valence-corrected chi connectivity index (χ0v) is 16.1. The van der Waals surface area contributed by atoms with Gasteiger partial charge in [-0.3, -0.25) is 0 Å². The van der Waals surface area contributed by atoms with Crippen molar-refractivity contribution in [3.63, 3.8) is 0 Å². The van der Waals surface area contributed by atoms with E-state index in [1.54, 1.807) is 20.2 Å². The molecule has 1 heterocycles. The maximum Gasteiger partial charge on any atom is 0.335 e. The summed E-state index contributed by atoms with van der Waals surface area (Å²) in [6, 6.07) is 17.6. The number of carbonyl (C=O) groups excluding carboxylic acids is 1. The van der Waals surface area contributed by atoms with Crippen molar-refractivity contribution in [3.8, 4) is 5.75 Å². The number of benzene rings is 2. The summed E-state index contributed by atoms with van der Waals surface area (Å²) in [5.74, 6) is 1.02. The third-order valence-corrected chi connectivity index (χ3v) is 4.31. The summed E-state index contributed by atoms with van der Waals surface area (Å²) in [4.78, 5) is 16.5. The van der Waals surface area contributed by atoms with Crippen LogP contribution in [0, 0.1) is 0 Å². The number of esters is 1. The van der Waals surface area contributed by atoms with Gasteiger partial charge in [0.05, 0.1) is 13.7 Å². The highest BCUT2D eigenvalue weighted by molar-refractivity contribution is 5.74. The summed E-state index contributed by atoms with van der Waals surface area (Å²) in [6.07, 6.45) is 2.90. The molecule has 2 aromatic carbocycles. The molecule has 0 saturated carbocycles. The normalized spacial score (nSPS) is 11.8. The third-order valence-electron chi connectivity index (χ3n) is 4.31. The topological polar surface area (TPSA) is 62.6 Å². The summed E-state index contributed by atoms with van der Waals surface area (Å²) >= 11 is 0. The first-order valence-corrected chi connectivity index (χ1v) is 9.11. The lowest BCUT2D eigenvalue weighted by Gasteiger charge is -2.14. The van der Waals surface area contributed by atoms with Crippen molar-refractivity contribution in [1.82, 2.24) is 9.55 Å². The van der Waals surface area contributed by atoms with Crippen LogP contribution in [0.4, 0.5) is 0 Å². The lowest BCUT2D eigenvalue weighted by Crippen LogP contribution is -2.23. The molecule has 1 unspecified atom stereocenters. The molecule has 0 bridgehead atoms. The van der Waals surface area contributed by atoms with E-state index in [-0.39, 0.29) is 6.61 Å². The van der Waals surface area contributed by atoms with E-state index >= 15 is 0 Å². The summed E-state index contributed by atoms with van der Waals surface area (Å²) < 4.78 is 18.2. The van der Waals surface area contributed by atoms with Gasteiger partial charge in [0, 0.05) is 18.9 Å². The molecule has 0 saturated heterocycles. The first-order valence-electron chi connectivity index (χ1n) is 9.11. The number of hydrogen-bond donors (Lipinski definition) is 0. The molecule has 0 amide bonds. The van der Waals surface area contributed by atoms with Crippen molar-refractivity contribution in [3.05, 3.63) is 83.9 Å². The number of hydrogen-bond acceptors (Lipinski definition) is 5. The summed E-state index contributed by atoms with van der Waals surface area (Å²) in [6.45, 7) is 2.76. The molecule has 6 nitrogen and oxygen atoms in total. The van der Waals surface area contributed by atoms with Crippen LogP contribution in [-0.4, -0.2) is 28.7 Å². The van der Waals surface area contributed by atoms with Crippen LogP contribution in [0.2, 0.25) is 0 Å². The maximum atomic E-state index is 12.2. The molecule has 0 fully saturated rings. The first kappa shape index (κ1) is 19.6. The maximum absolute atomic E-state index is 12.2. The Kier molecular flexibility index (Phi) is 6.81. The molecule has 0 N–H and O–H groups in total. The quantitative estimate of drug-likeness (QED) is 0.531. The number of methoxy groups -OCH3 is 1. The van der Waals surface area contributed by atoms with E-state index in [0.717, 1.165) is 16.9 Å². The van der Waals surface area contributed by atoms with Crippen molar-refractivity contribution in [2.75, 3.05) is 7.11 Å². The van der Waals surface area contributed by atoms with Crippen LogP contribution < -0.4 is 4.74 Å². The molecule has 0 aliphatic heterocycles. The van der Waals surface area contributed by atoms with E-state index in [2.05, 4.69) is 4.98 Å². The molecule has 6 heteroatoms. The van der Waals surface area contributed by atoms with Gasteiger partial charge in [0.15, 0.2) is 6.10 Å². The molecular weight excluding hydrogens is 356 g/mol. The standard InChI is InChI=1S/C22H24N2O4/c1-17(27-15-19-9-6-10-20(13-19)26-2)22(25)28-16-21-23-11-12-24(21)14-18-7-4-3-5-8-18/h3-13,17H,14-16H2,1-2H3. The van der Waals surface area contributed by atoms with E-state index in [4.69, 9.17) is 14.2 Å². The SMILES string of the molecule is COc1cccc(COC(C)C(=O)OCc2nccn2Cc2ccccc2)c1. The number of carbonyl (C=O) groups is 1. The number of rotatable bonds is 9. The van der Waals surface area contributed by atoms with Crippen molar-refractivity contribution in [2.24, 2.45) is 0 Å². The molecule has 3 rings (SSSR count). The predicted octanol–water partition coefficient (Wildman–Crippen LogP) is 3.59. The van der Waals surface area contributed by atoms with Gasteiger partial charge in [-0.25, -0.2) is 9.78 Å². The number of aromatic nitrogens is 2. The summed E-state index contributed by atoms with van der Waals surface area (Å²) in [5.41, 5.74) is 2.08. The largest absolute Gasteiger partial charge is 0.497 e. The Bertz CT molecular complexity index is 892. The third kappa shape index (κ3) is 5.44. The molecule has 0 radical (unpaired) electrons. The zero-order valence-electron chi connectivity index (χ0n) is 16.1. The Hall–Kier alpha value is -3.12. The Morgan fingerprint density at radius 1 is 1.07 bits per heavy atom. The van der Waals surface area contributed by atoms with Crippen LogP contribution in [0.1, 0.15) is 23.9 Å². The second-order valence-corrected chi connectivity index (χ2v) is 6.37. The van der Waals surface area contributed by atoms with E-state index in [0.29, 0.717) is 19.0 Å². The van der Waals surface area contributed by atoms with Gasteiger partial charge in [0.2, 0.25) is 0 Å². The molecule has 146 valence electrons. The van der Waals surface area contributed by atoms with Crippen LogP contribution in [0.15, 0.2) is 67.0 Å². The van der Waals surface area contributed by atoms with Crippen molar-refractivity contribution in [1.29, 1.82) is 0 Å². The molecule has 0 aliphatic rings. The minimum Gasteiger partial charge on any atom is -0.497 e. The summed E-state index contributed by atoms with van der Waals surface area (Å²) in [7, 11) is 1.61. The van der Waals surface area contributed by atoms with Gasteiger partial charge in [-0.2, -0.15) is 0 Å².